The van der Waals surface area contributed by atoms with Gasteiger partial charge in [0.05, 0.1) is 6.61 Å². The smallest absolute Gasteiger partial charge is 0.0610 e. The van der Waals surface area contributed by atoms with E-state index >= 15 is 0 Å². The zero-order valence-corrected chi connectivity index (χ0v) is 9.95. The van der Waals surface area contributed by atoms with E-state index in [1.165, 1.54) is 0 Å². The van der Waals surface area contributed by atoms with Crippen LogP contribution in [0.1, 0.15) is 27.7 Å². The molecule has 0 unspecified atom stereocenters. The minimum atomic E-state index is -0.0525. The fourth-order valence-corrected chi connectivity index (χ4v) is 1.94. The molecule has 84 valence electrons. The quantitative estimate of drug-likeness (QED) is 0.729. The van der Waals surface area contributed by atoms with Gasteiger partial charge in [-0.2, -0.15) is 0 Å². The topological polar surface area (TPSA) is 26.7 Å². The number of aliphatic hydroxyl groups is 1. The largest absolute Gasteiger partial charge is 0.394 e. The number of piperazine rings is 1. The maximum Gasteiger partial charge on any atom is 0.0610 e. The molecule has 0 aromatic rings. The Bertz CT molecular complexity index is 172. The summed E-state index contributed by atoms with van der Waals surface area (Å²) in [5, 5.41) is 9.27. The second kappa shape index (κ2) is 4.60. The second-order valence-electron chi connectivity index (χ2n) is 5.09. The fraction of sp³-hybridized carbons (Fsp3) is 1.00. The van der Waals surface area contributed by atoms with Gasteiger partial charge in [0, 0.05) is 37.8 Å². The minimum Gasteiger partial charge on any atom is -0.394 e. The highest BCUT2D eigenvalue weighted by atomic mass is 16.3. The summed E-state index contributed by atoms with van der Waals surface area (Å²) in [4.78, 5) is 4.87. The molecule has 0 bridgehead atoms. The zero-order chi connectivity index (χ0) is 10.8. The van der Waals surface area contributed by atoms with Crippen LogP contribution in [0.3, 0.4) is 0 Å². The molecular weight excluding hydrogens is 176 g/mol. The van der Waals surface area contributed by atoms with Crippen molar-refractivity contribution in [3.05, 3.63) is 0 Å². The maximum absolute atomic E-state index is 9.27. The van der Waals surface area contributed by atoms with E-state index < -0.39 is 0 Å². The molecule has 0 aromatic carbocycles. The lowest BCUT2D eigenvalue weighted by Crippen LogP contribution is -2.57. The second-order valence-corrected chi connectivity index (χ2v) is 5.09. The first-order chi connectivity index (χ1) is 6.47. The molecule has 0 atom stereocenters. The summed E-state index contributed by atoms with van der Waals surface area (Å²) in [6.07, 6.45) is 0. The molecule has 1 heterocycles. The number of hydrogen-bond acceptors (Lipinski definition) is 3. The highest BCUT2D eigenvalue weighted by molar-refractivity contribution is 4.85. The van der Waals surface area contributed by atoms with Crippen LogP contribution >= 0.6 is 0 Å². The van der Waals surface area contributed by atoms with E-state index in [0.29, 0.717) is 6.04 Å². The average molecular weight is 200 g/mol. The molecule has 0 amide bonds. The van der Waals surface area contributed by atoms with E-state index in [2.05, 4.69) is 37.5 Å². The Hall–Kier alpha value is -0.120. The van der Waals surface area contributed by atoms with E-state index in [1.807, 2.05) is 0 Å². The van der Waals surface area contributed by atoms with Crippen LogP contribution in [-0.4, -0.2) is 59.3 Å². The number of aliphatic hydroxyl groups excluding tert-OH is 1. The van der Waals surface area contributed by atoms with Gasteiger partial charge in [-0.05, 0) is 27.7 Å². The Morgan fingerprint density at radius 1 is 1.14 bits per heavy atom. The molecule has 3 heteroatoms. The van der Waals surface area contributed by atoms with Crippen molar-refractivity contribution in [2.24, 2.45) is 0 Å². The Morgan fingerprint density at radius 3 is 2.00 bits per heavy atom. The van der Waals surface area contributed by atoms with Crippen molar-refractivity contribution in [1.29, 1.82) is 0 Å². The van der Waals surface area contributed by atoms with Crippen LogP contribution in [0.5, 0.6) is 0 Å². The maximum atomic E-state index is 9.27. The molecular formula is C11H24N2O. The van der Waals surface area contributed by atoms with E-state index in [0.717, 1.165) is 26.2 Å². The molecule has 3 nitrogen and oxygen atoms in total. The number of rotatable bonds is 3. The van der Waals surface area contributed by atoms with Crippen molar-refractivity contribution >= 4 is 0 Å². The summed E-state index contributed by atoms with van der Waals surface area (Å²) < 4.78 is 0. The van der Waals surface area contributed by atoms with Crippen molar-refractivity contribution in [1.82, 2.24) is 9.80 Å². The predicted octanol–water partition coefficient (Wildman–Crippen LogP) is 0.783. The van der Waals surface area contributed by atoms with Gasteiger partial charge in [0.15, 0.2) is 0 Å². The van der Waals surface area contributed by atoms with Crippen LogP contribution in [0, 0.1) is 0 Å². The lowest BCUT2D eigenvalue weighted by molar-refractivity contribution is 0.00924. The van der Waals surface area contributed by atoms with Crippen LogP contribution in [-0.2, 0) is 0 Å². The summed E-state index contributed by atoms with van der Waals surface area (Å²) in [6.45, 7) is 13.4. The molecule has 0 aromatic heterocycles. The predicted molar refractivity (Wildman–Crippen MR) is 59.4 cm³/mol. The Kier molecular flexibility index (Phi) is 3.93. The monoisotopic (exact) mass is 200 g/mol. The van der Waals surface area contributed by atoms with Gasteiger partial charge in [-0.25, -0.2) is 0 Å². The lowest BCUT2D eigenvalue weighted by atomic mass is 10.0. The molecule has 1 aliphatic rings. The highest BCUT2D eigenvalue weighted by Crippen LogP contribution is 2.16. The van der Waals surface area contributed by atoms with Crippen molar-refractivity contribution in [3.8, 4) is 0 Å². The average Bonchev–Trinajstić information content (AvgIpc) is 2.18. The van der Waals surface area contributed by atoms with Gasteiger partial charge in [0.25, 0.3) is 0 Å². The van der Waals surface area contributed by atoms with E-state index in [1.54, 1.807) is 0 Å². The van der Waals surface area contributed by atoms with E-state index in [9.17, 15) is 5.11 Å². The van der Waals surface area contributed by atoms with Crippen LogP contribution < -0.4 is 0 Å². The summed E-state index contributed by atoms with van der Waals surface area (Å²) in [6, 6.07) is 0.648. The van der Waals surface area contributed by atoms with Gasteiger partial charge >= 0.3 is 0 Å². The van der Waals surface area contributed by atoms with Crippen molar-refractivity contribution in [3.63, 3.8) is 0 Å². The van der Waals surface area contributed by atoms with E-state index in [-0.39, 0.29) is 12.1 Å². The molecule has 1 N–H and O–H groups in total. The standard InChI is InChI=1S/C11H24N2O/c1-10(2)12-5-7-13(8-6-12)11(3,4)9-14/h10,14H,5-9H2,1-4H3. The zero-order valence-electron chi connectivity index (χ0n) is 9.95. The first kappa shape index (κ1) is 12.0. The SMILES string of the molecule is CC(C)N1CCN(C(C)(C)CO)CC1. The molecule has 1 saturated heterocycles. The van der Waals surface area contributed by atoms with Crippen LogP contribution in [0.25, 0.3) is 0 Å². The van der Waals surface area contributed by atoms with Crippen LogP contribution in [0.2, 0.25) is 0 Å². The van der Waals surface area contributed by atoms with Crippen LogP contribution in [0.4, 0.5) is 0 Å². The molecule has 1 rings (SSSR count). The minimum absolute atomic E-state index is 0.0525. The molecule has 1 aliphatic heterocycles. The lowest BCUT2D eigenvalue weighted by Gasteiger charge is -2.44. The highest BCUT2D eigenvalue weighted by Gasteiger charge is 2.29. The van der Waals surface area contributed by atoms with Gasteiger partial charge < -0.3 is 5.11 Å². The normalized spacial score (nSPS) is 21.9. The third kappa shape index (κ3) is 2.69. The van der Waals surface area contributed by atoms with Crippen molar-refractivity contribution in [2.75, 3.05) is 32.8 Å². The Balaban J connectivity index is 2.43. The summed E-state index contributed by atoms with van der Waals surface area (Å²) in [5.74, 6) is 0. The van der Waals surface area contributed by atoms with Gasteiger partial charge in [-0.1, -0.05) is 0 Å². The molecule has 14 heavy (non-hydrogen) atoms. The van der Waals surface area contributed by atoms with Gasteiger partial charge in [-0.3, -0.25) is 9.80 Å². The summed E-state index contributed by atoms with van der Waals surface area (Å²) in [5.41, 5.74) is -0.0525. The first-order valence-electron chi connectivity index (χ1n) is 5.57. The first-order valence-corrected chi connectivity index (χ1v) is 5.57. The molecule has 0 saturated carbocycles. The molecule has 1 fully saturated rings. The van der Waals surface area contributed by atoms with E-state index in [4.69, 9.17) is 0 Å². The van der Waals surface area contributed by atoms with Gasteiger partial charge in [0.1, 0.15) is 0 Å². The molecule has 0 spiro atoms. The third-order valence-electron chi connectivity index (χ3n) is 3.29. The molecule has 0 radical (unpaired) electrons. The third-order valence-corrected chi connectivity index (χ3v) is 3.29. The Labute approximate surface area is 87.7 Å². The fourth-order valence-electron chi connectivity index (χ4n) is 1.94. The number of hydrogen-bond donors (Lipinski definition) is 1. The summed E-state index contributed by atoms with van der Waals surface area (Å²) in [7, 11) is 0. The van der Waals surface area contributed by atoms with Crippen molar-refractivity contribution in [2.45, 2.75) is 39.3 Å². The van der Waals surface area contributed by atoms with Gasteiger partial charge in [0.2, 0.25) is 0 Å². The van der Waals surface area contributed by atoms with Crippen LogP contribution in [0.15, 0.2) is 0 Å². The van der Waals surface area contributed by atoms with Gasteiger partial charge in [-0.15, -0.1) is 0 Å². The van der Waals surface area contributed by atoms with Crippen molar-refractivity contribution < 1.29 is 5.11 Å². The molecule has 0 aliphatic carbocycles. The number of nitrogens with zero attached hydrogens (tertiary/aromatic N) is 2. The Morgan fingerprint density at radius 2 is 1.64 bits per heavy atom. The summed E-state index contributed by atoms with van der Waals surface area (Å²) >= 11 is 0.